The van der Waals surface area contributed by atoms with Gasteiger partial charge in [-0.05, 0) is 36.8 Å². The topological polar surface area (TPSA) is 59.3 Å². The Labute approximate surface area is 151 Å². The van der Waals surface area contributed by atoms with Gasteiger partial charge in [-0.15, -0.1) is 0 Å². The molecule has 0 aromatic heterocycles. The summed E-state index contributed by atoms with van der Waals surface area (Å²) in [7, 11) is 0. The number of allylic oxidation sites excluding steroid dienone is 1. The Morgan fingerprint density at radius 2 is 2.04 bits per heavy atom. The van der Waals surface area contributed by atoms with Gasteiger partial charge in [0.15, 0.2) is 11.5 Å². The quantitative estimate of drug-likeness (QED) is 0.459. The monoisotopic (exact) mass is 353 g/mol. The summed E-state index contributed by atoms with van der Waals surface area (Å²) in [6.45, 7) is 2.97. The maximum atomic E-state index is 12.6. The molecule has 0 bridgehead atoms. The molecule has 0 fully saturated rings. The van der Waals surface area contributed by atoms with Gasteiger partial charge >= 0.3 is 0 Å². The molecule has 0 atom stereocenters. The van der Waals surface area contributed by atoms with E-state index in [4.69, 9.17) is 21.1 Å². The highest BCUT2D eigenvalue weighted by Gasteiger charge is 2.17. The van der Waals surface area contributed by atoms with Crippen LogP contribution in [-0.2, 0) is 0 Å². The summed E-state index contributed by atoms with van der Waals surface area (Å²) in [5.41, 5.74) is 2.10. The van der Waals surface area contributed by atoms with E-state index in [1.165, 1.54) is 6.08 Å². The summed E-state index contributed by atoms with van der Waals surface area (Å²) in [6.07, 6.45) is 2.29. The predicted octanol–water partition coefficient (Wildman–Crippen LogP) is 4.60. The highest BCUT2D eigenvalue weighted by atomic mass is 35.5. The van der Waals surface area contributed by atoms with Gasteiger partial charge in [0.2, 0.25) is 5.78 Å². The van der Waals surface area contributed by atoms with E-state index in [1.807, 2.05) is 19.1 Å². The number of carbonyl (C=O) groups excluding carboxylic acids is 1. The first-order valence-corrected chi connectivity index (χ1v) is 8.28. The Morgan fingerprint density at radius 1 is 1.24 bits per heavy atom. The van der Waals surface area contributed by atoms with Crippen molar-refractivity contribution in [1.82, 2.24) is 0 Å². The molecule has 0 N–H and O–H groups in total. The molecule has 4 nitrogen and oxygen atoms in total. The fraction of sp³-hybridized carbons (Fsp3) is 0.200. The van der Waals surface area contributed by atoms with Crippen LogP contribution < -0.4 is 9.47 Å². The van der Waals surface area contributed by atoms with E-state index < -0.39 is 0 Å². The molecule has 0 spiro atoms. The van der Waals surface area contributed by atoms with Gasteiger partial charge in [0.25, 0.3) is 0 Å². The number of nitriles is 1. The molecule has 0 saturated carbocycles. The fourth-order valence-electron chi connectivity index (χ4n) is 2.59. The van der Waals surface area contributed by atoms with Crippen LogP contribution >= 0.6 is 11.6 Å². The Morgan fingerprint density at radius 3 is 2.80 bits per heavy atom. The van der Waals surface area contributed by atoms with Crippen LogP contribution in [0.4, 0.5) is 0 Å². The summed E-state index contributed by atoms with van der Waals surface area (Å²) in [4.78, 5) is 12.6. The van der Waals surface area contributed by atoms with Gasteiger partial charge in [-0.3, -0.25) is 4.79 Å². The first kappa shape index (κ1) is 17.1. The molecule has 0 radical (unpaired) electrons. The van der Waals surface area contributed by atoms with E-state index in [2.05, 4.69) is 0 Å². The Balaban J connectivity index is 1.98. The molecule has 5 heteroatoms. The molecule has 1 aliphatic rings. The van der Waals surface area contributed by atoms with Gasteiger partial charge in [0, 0.05) is 12.0 Å². The van der Waals surface area contributed by atoms with Gasteiger partial charge in [-0.2, -0.15) is 5.26 Å². The lowest BCUT2D eigenvalue weighted by atomic mass is 10.0. The lowest BCUT2D eigenvalue weighted by molar-refractivity contribution is 0.104. The zero-order valence-electron chi connectivity index (χ0n) is 13.7. The fourth-order valence-corrected chi connectivity index (χ4v) is 2.86. The van der Waals surface area contributed by atoms with E-state index in [1.54, 1.807) is 30.3 Å². The van der Waals surface area contributed by atoms with Crippen molar-refractivity contribution in [3.05, 3.63) is 63.7 Å². The van der Waals surface area contributed by atoms with Crippen molar-refractivity contribution in [2.45, 2.75) is 13.3 Å². The number of carbonyl (C=O) groups is 1. The second-order valence-electron chi connectivity index (χ2n) is 5.75. The van der Waals surface area contributed by atoms with Gasteiger partial charge in [-0.25, -0.2) is 0 Å². The zero-order chi connectivity index (χ0) is 17.8. The number of nitrogens with zero attached hydrogens (tertiary/aromatic N) is 1. The van der Waals surface area contributed by atoms with Crippen LogP contribution in [0.15, 0.2) is 42.0 Å². The molecule has 0 saturated heterocycles. The third-order valence-electron chi connectivity index (χ3n) is 3.78. The summed E-state index contributed by atoms with van der Waals surface area (Å²) >= 11 is 6.26. The molecule has 0 aliphatic carbocycles. The Hall–Kier alpha value is -2.77. The standard InChI is InChI=1S/C20H16ClNO3/c1-13-4-2-5-15(8-13)19(23)16(12-22)9-14-10-17(21)20-18(11-14)24-6-3-7-25-20/h2,4-5,8-11H,3,6-7H2,1H3/b16-9+. The highest BCUT2D eigenvalue weighted by molar-refractivity contribution is 6.32. The minimum absolute atomic E-state index is 0.0381. The average molecular weight is 354 g/mol. The van der Waals surface area contributed by atoms with Crippen molar-refractivity contribution >= 4 is 23.5 Å². The molecule has 1 heterocycles. The first-order chi connectivity index (χ1) is 12.1. The number of halogens is 1. The van der Waals surface area contributed by atoms with Crippen LogP contribution in [0.5, 0.6) is 11.5 Å². The predicted molar refractivity (Wildman–Crippen MR) is 96.2 cm³/mol. The normalized spacial score (nSPS) is 13.7. The van der Waals surface area contributed by atoms with Gasteiger partial charge < -0.3 is 9.47 Å². The number of hydrogen-bond acceptors (Lipinski definition) is 4. The molecule has 1 aliphatic heterocycles. The molecule has 0 unspecified atom stereocenters. The summed E-state index contributed by atoms with van der Waals surface area (Å²) in [5.74, 6) is 0.700. The molecule has 2 aromatic carbocycles. The van der Waals surface area contributed by atoms with Crippen molar-refractivity contribution < 1.29 is 14.3 Å². The summed E-state index contributed by atoms with van der Waals surface area (Å²) in [5, 5.41) is 9.81. The van der Waals surface area contributed by atoms with Crippen molar-refractivity contribution in [2.24, 2.45) is 0 Å². The number of Topliss-reactive ketones (excluding diaryl/α,β-unsaturated/α-hetero) is 1. The van der Waals surface area contributed by atoms with Crippen molar-refractivity contribution in [2.75, 3.05) is 13.2 Å². The first-order valence-electron chi connectivity index (χ1n) is 7.91. The number of hydrogen-bond donors (Lipinski definition) is 0. The van der Waals surface area contributed by atoms with Crippen LogP contribution in [0, 0.1) is 18.3 Å². The van der Waals surface area contributed by atoms with Crippen LogP contribution in [0.2, 0.25) is 5.02 Å². The minimum atomic E-state index is -0.325. The second kappa shape index (κ2) is 7.42. The van der Waals surface area contributed by atoms with Crippen molar-refractivity contribution in [1.29, 1.82) is 5.26 Å². The maximum absolute atomic E-state index is 12.6. The van der Waals surface area contributed by atoms with Gasteiger partial charge in [-0.1, -0.05) is 35.4 Å². The van der Waals surface area contributed by atoms with Crippen LogP contribution in [0.25, 0.3) is 6.08 Å². The second-order valence-corrected chi connectivity index (χ2v) is 6.16. The molecule has 25 heavy (non-hydrogen) atoms. The van der Waals surface area contributed by atoms with Crippen LogP contribution in [-0.4, -0.2) is 19.0 Å². The largest absolute Gasteiger partial charge is 0.489 e. The summed E-state index contributed by atoms with van der Waals surface area (Å²) < 4.78 is 11.2. The van der Waals surface area contributed by atoms with Crippen LogP contribution in [0.1, 0.15) is 27.9 Å². The number of benzene rings is 2. The zero-order valence-corrected chi connectivity index (χ0v) is 14.5. The van der Waals surface area contributed by atoms with Gasteiger partial charge in [0.1, 0.15) is 11.6 Å². The van der Waals surface area contributed by atoms with Gasteiger partial charge in [0.05, 0.1) is 18.2 Å². The lowest BCUT2D eigenvalue weighted by Gasteiger charge is -2.10. The van der Waals surface area contributed by atoms with E-state index >= 15 is 0 Å². The van der Waals surface area contributed by atoms with E-state index in [0.29, 0.717) is 40.9 Å². The number of fused-ring (bicyclic) bond motifs is 1. The SMILES string of the molecule is Cc1cccc(C(=O)/C(C#N)=C/c2cc(Cl)c3c(c2)OCCCO3)c1. The van der Waals surface area contributed by atoms with E-state index in [-0.39, 0.29) is 11.4 Å². The molecule has 126 valence electrons. The third-order valence-corrected chi connectivity index (χ3v) is 4.06. The van der Waals surface area contributed by atoms with Crippen LogP contribution in [0.3, 0.4) is 0 Å². The van der Waals surface area contributed by atoms with E-state index in [0.717, 1.165) is 12.0 Å². The lowest BCUT2D eigenvalue weighted by Crippen LogP contribution is -2.02. The highest BCUT2D eigenvalue weighted by Crippen LogP contribution is 2.38. The Bertz CT molecular complexity index is 896. The molecule has 2 aromatic rings. The van der Waals surface area contributed by atoms with E-state index in [9.17, 15) is 10.1 Å². The van der Waals surface area contributed by atoms with Crippen molar-refractivity contribution in [3.8, 4) is 17.6 Å². The number of aryl methyl sites for hydroxylation is 1. The average Bonchev–Trinajstić information content (AvgIpc) is 2.85. The maximum Gasteiger partial charge on any atom is 0.203 e. The molecule has 3 rings (SSSR count). The van der Waals surface area contributed by atoms with Crippen molar-refractivity contribution in [3.63, 3.8) is 0 Å². The Kier molecular flexibility index (Phi) is 5.06. The third kappa shape index (κ3) is 3.84. The smallest absolute Gasteiger partial charge is 0.203 e. The number of ketones is 1. The molecular formula is C20H16ClNO3. The summed E-state index contributed by atoms with van der Waals surface area (Å²) in [6, 6.07) is 12.5. The number of rotatable bonds is 3. The molecule has 0 amide bonds. The molecular weight excluding hydrogens is 338 g/mol. The number of ether oxygens (including phenoxy) is 2. The minimum Gasteiger partial charge on any atom is -0.489 e.